The molecule has 1 rings (SSSR count). The van der Waals surface area contributed by atoms with Crippen molar-refractivity contribution in [1.82, 2.24) is 0 Å². The molecule has 1 aromatic rings. The van der Waals surface area contributed by atoms with Gasteiger partial charge in [0, 0.05) is 12.1 Å². The zero-order valence-corrected chi connectivity index (χ0v) is 10.7. The molecule has 0 radical (unpaired) electrons. The quantitative estimate of drug-likeness (QED) is 0.668. The molecule has 2 N–H and O–H groups in total. The molecule has 0 spiro atoms. The Bertz CT molecular complexity index is 382. The Kier molecular flexibility index (Phi) is 4.89. The van der Waals surface area contributed by atoms with Gasteiger partial charge in [0.25, 0.3) is 5.69 Å². The van der Waals surface area contributed by atoms with Gasteiger partial charge in [0.15, 0.2) is 0 Å². The fourth-order valence-electron chi connectivity index (χ4n) is 1.45. The molecular weight excluding hydrogens is 272 g/mol. The number of hydrogen-bond acceptors (Lipinski definition) is 3. The predicted molar refractivity (Wildman–Crippen MR) is 67.4 cm³/mol. The third-order valence-corrected chi connectivity index (χ3v) is 3.48. The van der Waals surface area contributed by atoms with Gasteiger partial charge in [0.05, 0.1) is 9.40 Å². The number of halogens is 1. The van der Waals surface area contributed by atoms with Crippen LogP contribution >= 0.6 is 15.9 Å². The number of aryl methyl sites for hydroxylation is 1. The summed E-state index contributed by atoms with van der Waals surface area (Å²) < 4.78 is 0.573. The normalized spacial score (nSPS) is 12.4. The van der Waals surface area contributed by atoms with Crippen molar-refractivity contribution < 1.29 is 4.92 Å². The first-order valence-corrected chi connectivity index (χ1v) is 6.03. The predicted octanol–water partition coefficient (Wildman–Crippen LogP) is 3.03. The molecule has 0 bridgehead atoms. The highest BCUT2D eigenvalue weighted by molar-refractivity contribution is 9.10. The highest BCUT2D eigenvalue weighted by atomic mass is 79.9. The molecule has 5 heteroatoms. The maximum absolute atomic E-state index is 10.7. The van der Waals surface area contributed by atoms with E-state index in [1.165, 1.54) is 6.07 Å². The summed E-state index contributed by atoms with van der Waals surface area (Å²) >= 11 is 3.27. The van der Waals surface area contributed by atoms with Crippen LogP contribution in [0.1, 0.15) is 25.3 Å². The summed E-state index contributed by atoms with van der Waals surface area (Å²) in [5, 5.41) is 10.7. The van der Waals surface area contributed by atoms with Crippen LogP contribution in [-0.2, 0) is 6.42 Å². The lowest BCUT2D eigenvalue weighted by Crippen LogP contribution is -2.19. The number of nitro groups is 1. The van der Waals surface area contributed by atoms with Crippen molar-refractivity contribution in [2.45, 2.75) is 32.2 Å². The van der Waals surface area contributed by atoms with Gasteiger partial charge in [-0.2, -0.15) is 0 Å². The lowest BCUT2D eigenvalue weighted by molar-refractivity contribution is -0.385. The van der Waals surface area contributed by atoms with Gasteiger partial charge < -0.3 is 5.73 Å². The molecule has 16 heavy (non-hydrogen) atoms. The summed E-state index contributed by atoms with van der Waals surface area (Å²) in [6.07, 6.45) is 2.53. The first-order chi connectivity index (χ1) is 7.56. The molecule has 0 aromatic heterocycles. The van der Waals surface area contributed by atoms with Gasteiger partial charge >= 0.3 is 0 Å². The van der Waals surface area contributed by atoms with E-state index in [0.717, 1.165) is 24.8 Å². The van der Waals surface area contributed by atoms with Crippen LogP contribution in [0, 0.1) is 10.1 Å². The van der Waals surface area contributed by atoms with Crippen LogP contribution in [0.3, 0.4) is 0 Å². The van der Waals surface area contributed by atoms with Gasteiger partial charge in [-0.3, -0.25) is 10.1 Å². The van der Waals surface area contributed by atoms with E-state index in [0.29, 0.717) is 4.47 Å². The molecule has 0 saturated heterocycles. The average molecular weight is 287 g/mol. The molecule has 0 amide bonds. The topological polar surface area (TPSA) is 69.2 Å². The number of hydrogen-bond donors (Lipinski definition) is 1. The molecule has 1 unspecified atom stereocenters. The van der Waals surface area contributed by atoms with Gasteiger partial charge in [-0.15, -0.1) is 0 Å². The summed E-state index contributed by atoms with van der Waals surface area (Å²) in [5.74, 6) is 0. The molecule has 0 heterocycles. The minimum Gasteiger partial charge on any atom is -0.328 e. The minimum atomic E-state index is -0.382. The van der Waals surface area contributed by atoms with Crippen LogP contribution in [0.4, 0.5) is 5.69 Å². The molecule has 1 aromatic carbocycles. The van der Waals surface area contributed by atoms with Crippen molar-refractivity contribution in [1.29, 1.82) is 0 Å². The molecule has 88 valence electrons. The largest absolute Gasteiger partial charge is 0.328 e. The zero-order valence-electron chi connectivity index (χ0n) is 9.15. The van der Waals surface area contributed by atoms with E-state index in [1.54, 1.807) is 6.07 Å². The Hall–Kier alpha value is -0.940. The standard InChI is InChI=1S/C11H15BrN2O2/c1-2-9(13)7-6-8-4-3-5-10(11(8)12)14(15)16/h3-5,9H,2,6-7,13H2,1H3. The maximum atomic E-state index is 10.7. The molecule has 0 aliphatic carbocycles. The minimum absolute atomic E-state index is 0.113. The first-order valence-electron chi connectivity index (χ1n) is 5.23. The Morgan fingerprint density at radius 3 is 2.81 bits per heavy atom. The summed E-state index contributed by atoms with van der Waals surface area (Å²) in [6, 6.07) is 5.24. The summed E-state index contributed by atoms with van der Waals surface area (Å²) in [4.78, 5) is 10.3. The molecular formula is C11H15BrN2O2. The van der Waals surface area contributed by atoms with Crippen LogP contribution in [0.25, 0.3) is 0 Å². The van der Waals surface area contributed by atoms with Crippen molar-refractivity contribution in [3.8, 4) is 0 Å². The van der Waals surface area contributed by atoms with Crippen LogP contribution < -0.4 is 5.73 Å². The number of benzene rings is 1. The summed E-state index contributed by atoms with van der Waals surface area (Å²) in [6.45, 7) is 2.03. The number of nitro benzene ring substituents is 1. The van der Waals surface area contributed by atoms with Crippen LogP contribution in [0.5, 0.6) is 0 Å². The van der Waals surface area contributed by atoms with E-state index in [1.807, 2.05) is 13.0 Å². The number of nitrogens with two attached hydrogens (primary N) is 1. The molecule has 0 aliphatic rings. The maximum Gasteiger partial charge on any atom is 0.283 e. The second-order valence-corrected chi connectivity index (χ2v) is 4.51. The molecule has 0 aliphatic heterocycles. The first kappa shape index (κ1) is 13.1. The van der Waals surface area contributed by atoms with E-state index >= 15 is 0 Å². The fourth-order valence-corrected chi connectivity index (χ4v) is 2.05. The third kappa shape index (κ3) is 3.28. The highest BCUT2D eigenvalue weighted by Crippen LogP contribution is 2.29. The molecule has 4 nitrogen and oxygen atoms in total. The Labute approximate surface area is 103 Å². The SMILES string of the molecule is CCC(N)CCc1cccc([N+](=O)[O-])c1Br. The fraction of sp³-hybridized carbons (Fsp3) is 0.455. The van der Waals surface area contributed by atoms with E-state index in [9.17, 15) is 10.1 Å². The van der Waals surface area contributed by atoms with Crippen molar-refractivity contribution in [3.05, 3.63) is 38.3 Å². The lowest BCUT2D eigenvalue weighted by Gasteiger charge is -2.09. The number of nitrogens with zero attached hydrogens (tertiary/aromatic N) is 1. The van der Waals surface area contributed by atoms with E-state index in [-0.39, 0.29) is 16.7 Å². The van der Waals surface area contributed by atoms with E-state index < -0.39 is 0 Å². The highest BCUT2D eigenvalue weighted by Gasteiger charge is 2.14. The van der Waals surface area contributed by atoms with Crippen molar-refractivity contribution >= 4 is 21.6 Å². The Morgan fingerprint density at radius 1 is 1.56 bits per heavy atom. The summed E-state index contributed by atoms with van der Waals surface area (Å²) in [7, 11) is 0. The Morgan fingerprint density at radius 2 is 2.25 bits per heavy atom. The lowest BCUT2D eigenvalue weighted by atomic mass is 10.0. The third-order valence-electron chi connectivity index (χ3n) is 2.56. The van der Waals surface area contributed by atoms with Crippen LogP contribution in [0.2, 0.25) is 0 Å². The van der Waals surface area contributed by atoms with Gasteiger partial charge in [-0.05, 0) is 40.8 Å². The van der Waals surface area contributed by atoms with Crippen molar-refractivity contribution in [2.24, 2.45) is 5.73 Å². The van der Waals surface area contributed by atoms with Gasteiger partial charge in [-0.25, -0.2) is 0 Å². The second-order valence-electron chi connectivity index (χ2n) is 3.71. The van der Waals surface area contributed by atoms with Gasteiger partial charge in [-0.1, -0.05) is 19.1 Å². The van der Waals surface area contributed by atoms with Gasteiger partial charge in [0.2, 0.25) is 0 Å². The van der Waals surface area contributed by atoms with Crippen molar-refractivity contribution in [3.63, 3.8) is 0 Å². The van der Waals surface area contributed by atoms with Crippen molar-refractivity contribution in [2.75, 3.05) is 0 Å². The average Bonchev–Trinajstić information content (AvgIpc) is 2.26. The summed E-state index contributed by atoms with van der Waals surface area (Å²) in [5.41, 5.74) is 6.88. The smallest absolute Gasteiger partial charge is 0.283 e. The second kappa shape index (κ2) is 5.96. The zero-order chi connectivity index (χ0) is 12.1. The molecule has 0 fully saturated rings. The van der Waals surface area contributed by atoms with Crippen LogP contribution in [-0.4, -0.2) is 11.0 Å². The van der Waals surface area contributed by atoms with E-state index in [2.05, 4.69) is 15.9 Å². The van der Waals surface area contributed by atoms with Crippen LogP contribution in [0.15, 0.2) is 22.7 Å². The number of rotatable bonds is 5. The van der Waals surface area contributed by atoms with Gasteiger partial charge in [0.1, 0.15) is 0 Å². The monoisotopic (exact) mass is 286 g/mol. The molecule has 0 saturated carbocycles. The Balaban J connectivity index is 2.81. The van der Waals surface area contributed by atoms with E-state index in [4.69, 9.17) is 5.73 Å². The molecule has 1 atom stereocenters.